The van der Waals surface area contributed by atoms with Crippen LogP contribution in [0.3, 0.4) is 0 Å². The lowest BCUT2D eigenvalue weighted by atomic mass is 9.78. The van der Waals surface area contributed by atoms with E-state index in [1.807, 2.05) is 18.2 Å². The van der Waals surface area contributed by atoms with Crippen LogP contribution >= 0.6 is 0 Å². The molecule has 4 nitrogen and oxygen atoms in total. The van der Waals surface area contributed by atoms with Crippen LogP contribution in [0.1, 0.15) is 72.3 Å². The molecule has 0 spiro atoms. The van der Waals surface area contributed by atoms with Crippen molar-refractivity contribution in [2.45, 2.75) is 90.0 Å². The molecule has 0 aromatic heterocycles. The predicted octanol–water partition coefficient (Wildman–Crippen LogP) is 3.95. The molecule has 1 aliphatic rings. The van der Waals surface area contributed by atoms with E-state index in [0.29, 0.717) is 12.5 Å². The molecule has 26 heavy (non-hydrogen) atoms. The van der Waals surface area contributed by atoms with Crippen molar-refractivity contribution in [2.24, 2.45) is 0 Å². The zero-order chi connectivity index (χ0) is 19.5. The zero-order valence-electron chi connectivity index (χ0n) is 17.3. The van der Waals surface area contributed by atoms with Gasteiger partial charge in [-0.15, -0.1) is 0 Å². The van der Waals surface area contributed by atoms with Gasteiger partial charge in [0.1, 0.15) is 18.5 Å². The lowest BCUT2D eigenvalue weighted by Gasteiger charge is -2.55. The van der Waals surface area contributed by atoms with Gasteiger partial charge in [0.25, 0.3) is 0 Å². The highest BCUT2D eigenvalue weighted by Gasteiger charge is 2.45. The predicted molar refractivity (Wildman–Crippen MR) is 107 cm³/mol. The van der Waals surface area contributed by atoms with Crippen molar-refractivity contribution >= 4 is 0 Å². The second-order valence-corrected chi connectivity index (χ2v) is 9.11. The molecule has 0 aliphatic carbocycles. The fourth-order valence-corrected chi connectivity index (χ4v) is 4.45. The molecule has 1 fully saturated rings. The van der Waals surface area contributed by atoms with Crippen LogP contribution in [0.5, 0.6) is 5.75 Å². The monoisotopic (exact) mass is 363 g/mol. The summed E-state index contributed by atoms with van der Waals surface area (Å²) in [5.41, 5.74) is 0.886. The van der Waals surface area contributed by atoms with E-state index in [2.05, 4.69) is 52.5 Å². The Morgan fingerprint density at radius 2 is 1.73 bits per heavy atom. The number of rotatable bonds is 7. The molecule has 1 heterocycles. The van der Waals surface area contributed by atoms with Gasteiger partial charge in [-0.25, -0.2) is 0 Å². The van der Waals surface area contributed by atoms with Gasteiger partial charge in [0, 0.05) is 17.6 Å². The van der Waals surface area contributed by atoms with Crippen molar-refractivity contribution < 1.29 is 14.9 Å². The van der Waals surface area contributed by atoms with Crippen molar-refractivity contribution in [3.8, 4) is 5.75 Å². The van der Waals surface area contributed by atoms with Crippen molar-refractivity contribution in [2.75, 3.05) is 13.2 Å². The number of benzene rings is 1. The van der Waals surface area contributed by atoms with Gasteiger partial charge in [0.15, 0.2) is 0 Å². The normalized spacial score (nSPS) is 22.8. The molecule has 0 radical (unpaired) electrons. The third-order valence-corrected chi connectivity index (χ3v) is 5.82. The fourth-order valence-electron chi connectivity index (χ4n) is 4.45. The third-order valence-electron chi connectivity index (χ3n) is 5.82. The molecular formula is C22H37NO3. The van der Waals surface area contributed by atoms with Crippen LogP contribution in [0.2, 0.25) is 0 Å². The number of piperidine rings is 1. The minimum Gasteiger partial charge on any atom is -0.491 e. The Balaban J connectivity index is 2.02. The summed E-state index contributed by atoms with van der Waals surface area (Å²) in [6, 6.07) is 8.11. The van der Waals surface area contributed by atoms with Gasteiger partial charge >= 0.3 is 0 Å². The van der Waals surface area contributed by atoms with Gasteiger partial charge < -0.3 is 14.9 Å². The largest absolute Gasteiger partial charge is 0.491 e. The van der Waals surface area contributed by atoms with Crippen LogP contribution in [-0.4, -0.2) is 51.6 Å². The maximum atomic E-state index is 10.7. The van der Waals surface area contributed by atoms with Crippen molar-refractivity contribution in [3.63, 3.8) is 0 Å². The fraction of sp³-hybridized carbons (Fsp3) is 0.727. The second-order valence-electron chi connectivity index (χ2n) is 9.11. The second kappa shape index (κ2) is 8.28. The SMILES string of the molecule is CC[C@@H](C)c1ccccc1OC[C@@H](O)CN1C(C)(C)CC(O)CC1(C)C. The smallest absolute Gasteiger partial charge is 0.122 e. The first kappa shape index (κ1) is 21.2. The topological polar surface area (TPSA) is 52.9 Å². The Hall–Kier alpha value is -1.10. The number of aliphatic hydroxyl groups is 2. The van der Waals surface area contributed by atoms with Gasteiger partial charge in [0.05, 0.1) is 6.10 Å². The van der Waals surface area contributed by atoms with Gasteiger partial charge in [-0.05, 0) is 64.5 Å². The van der Waals surface area contributed by atoms with E-state index in [1.54, 1.807) is 0 Å². The van der Waals surface area contributed by atoms with Crippen LogP contribution in [-0.2, 0) is 0 Å². The van der Waals surface area contributed by atoms with Crippen molar-refractivity contribution in [1.29, 1.82) is 0 Å². The molecular weight excluding hydrogens is 326 g/mol. The molecule has 2 atom stereocenters. The molecule has 1 saturated heterocycles. The first-order valence-electron chi connectivity index (χ1n) is 9.92. The molecule has 0 unspecified atom stereocenters. The molecule has 2 rings (SSSR count). The maximum Gasteiger partial charge on any atom is 0.122 e. The van der Waals surface area contributed by atoms with E-state index < -0.39 is 6.10 Å². The summed E-state index contributed by atoms with van der Waals surface area (Å²) in [5.74, 6) is 1.30. The van der Waals surface area contributed by atoms with Crippen LogP contribution < -0.4 is 4.74 Å². The first-order chi connectivity index (χ1) is 12.1. The molecule has 1 aliphatic heterocycles. The van der Waals surface area contributed by atoms with E-state index in [1.165, 1.54) is 5.56 Å². The minimum absolute atomic E-state index is 0.156. The highest BCUT2D eigenvalue weighted by molar-refractivity contribution is 5.35. The van der Waals surface area contributed by atoms with E-state index in [4.69, 9.17) is 4.74 Å². The Kier molecular flexibility index (Phi) is 6.75. The molecule has 0 bridgehead atoms. The molecule has 1 aromatic carbocycles. The number of β-amino-alcohol motifs (C(OH)–C–C–N with tert-alkyl or cyclic N) is 1. The van der Waals surface area contributed by atoms with Gasteiger partial charge in [0.2, 0.25) is 0 Å². The van der Waals surface area contributed by atoms with E-state index in [9.17, 15) is 10.2 Å². The van der Waals surface area contributed by atoms with Crippen LogP contribution in [0, 0.1) is 0 Å². The summed E-state index contributed by atoms with van der Waals surface area (Å²) in [5, 5.41) is 20.8. The minimum atomic E-state index is -0.575. The molecule has 0 amide bonds. The summed E-state index contributed by atoms with van der Waals surface area (Å²) in [6.07, 6.45) is 1.64. The summed E-state index contributed by atoms with van der Waals surface area (Å²) >= 11 is 0. The molecule has 148 valence electrons. The first-order valence-corrected chi connectivity index (χ1v) is 9.92. The van der Waals surface area contributed by atoms with Crippen LogP contribution in [0.4, 0.5) is 0 Å². The Bertz CT molecular complexity index is 567. The number of likely N-dealkylation sites (tertiary alicyclic amines) is 1. The van der Waals surface area contributed by atoms with Crippen LogP contribution in [0.15, 0.2) is 24.3 Å². The maximum absolute atomic E-state index is 10.7. The van der Waals surface area contributed by atoms with Crippen LogP contribution in [0.25, 0.3) is 0 Å². The van der Waals surface area contributed by atoms with Crippen molar-refractivity contribution in [1.82, 2.24) is 4.90 Å². The average molecular weight is 364 g/mol. The Morgan fingerprint density at radius 3 is 2.31 bits per heavy atom. The molecule has 4 heteroatoms. The average Bonchev–Trinajstić information content (AvgIpc) is 2.54. The number of ether oxygens (including phenoxy) is 1. The Morgan fingerprint density at radius 1 is 1.15 bits per heavy atom. The van der Waals surface area contributed by atoms with E-state index >= 15 is 0 Å². The summed E-state index contributed by atoms with van der Waals surface area (Å²) in [4.78, 5) is 2.32. The quantitative estimate of drug-likeness (QED) is 0.770. The van der Waals surface area contributed by atoms with E-state index in [-0.39, 0.29) is 23.8 Å². The number of para-hydroxylation sites is 1. The molecule has 0 saturated carbocycles. The molecule has 2 N–H and O–H groups in total. The Labute approximate surface area is 159 Å². The third kappa shape index (κ3) is 4.99. The summed E-state index contributed by atoms with van der Waals surface area (Å²) in [7, 11) is 0. The number of hydrogen-bond donors (Lipinski definition) is 2. The van der Waals surface area contributed by atoms with Gasteiger partial charge in [-0.1, -0.05) is 32.0 Å². The highest BCUT2D eigenvalue weighted by Crippen LogP contribution is 2.38. The summed E-state index contributed by atoms with van der Waals surface area (Å²) < 4.78 is 5.99. The van der Waals surface area contributed by atoms with Gasteiger partial charge in [-0.2, -0.15) is 0 Å². The highest BCUT2D eigenvalue weighted by atomic mass is 16.5. The van der Waals surface area contributed by atoms with Crippen molar-refractivity contribution in [3.05, 3.63) is 29.8 Å². The summed E-state index contributed by atoms with van der Waals surface area (Å²) in [6.45, 7) is 13.8. The lowest BCUT2D eigenvalue weighted by Crippen LogP contribution is -2.63. The van der Waals surface area contributed by atoms with Gasteiger partial charge in [-0.3, -0.25) is 4.90 Å². The van der Waals surface area contributed by atoms with E-state index in [0.717, 1.165) is 25.0 Å². The lowest BCUT2D eigenvalue weighted by molar-refractivity contribution is -0.1000. The number of aliphatic hydroxyl groups excluding tert-OH is 2. The number of hydrogen-bond acceptors (Lipinski definition) is 4. The molecule has 1 aromatic rings. The number of nitrogens with zero attached hydrogens (tertiary/aromatic N) is 1. The zero-order valence-corrected chi connectivity index (χ0v) is 17.3. The standard InChI is InChI=1S/C22H37NO3/c1-7-16(2)19-10-8-9-11-20(19)26-15-18(25)14-23-21(3,4)12-17(24)13-22(23,5)6/h8-11,16-18,24-25H,7,12-15H2,1-6H3/t16-,18+/m1/s1.